The topological polar surface area (TPSA) is 12.0 Å². The van der Waals surface area contributed by atoms with E-state index >= 15 is 0 Å². The molecule has 1 nitrogen and oxygen atoms in total. The smallest absolute Gasteiger partial charge is 0.0100 e. The number of hydrogen-bond donors (Lipinski definition) is 1. The Bertz CT molecular complexity index is 283. The first-order chi connectivity index (χ1) is 9.05. The zero-order valence-corrected chi connectivity index (χ0v) is 13.3. The molecular weight excluding hydrogens is 230 g/mol. The van der Waals surface area contributed by atoms with Crippen LogP contribution in [-0.4, -0.2) is 12.6 Å². The lowest BCUT2D eigenvalue weighted by Crippen LogP contribution is -2.46. The molecule has 0 spiro atoms. The first-order valence-corrected chi connectivity index (χ1v) is 8.79. The van der Waals surface area contributed by atoms with Gasteiger partial charge in [0, 0.05) is 6.04 Å². The molecule has 0 radical (unpaired) electrons. The molecule has 3 rings (SSSR count). The molecule has 0 aromatic carbocycles. The van der Waals surface area contributed by atoms with E-state index in [1.807, 2.05) is 0 Å². The molecule has 3 aliphatic rings. The lowest BCUT2D eigenvalue weighted by atomic mass is 9.69. The largest absolute Gasteiger partial charge is 0.313 e. The van der Waals surface area contributed by atoms with Crippen molar-refractivity contribution in [3.8, 4) is 0 Å². The Morgan fingerprint density at radius 1 is 0.895 bits per heavy atom. The second-order valence-electron chi connectivity index (χ2n) is 8.61. The molecule has 0 aliphatic heterocycles. The van der Waals surface area contributed by atoms with Crippen LogP contribution in [0.2, 0.25) is 0 Å². The molecule has 0 aromatic rings. The van der Waals surface area contributed by atoms with E-state index in [0.29, 0.717) is 5.41 Å². The fraction of sp³-hybridized carbons (Fsp3) is 1.00. The van der Waals surface area contributed by atoms with E-state index in [9.17, 15) is 0 Å². The second kappa shape index (κ2) is 5.39. The van der Waals surface area contributed by atoms with Gasteiger partial charge in [0.25, 0.3) is 0 Å². The Morgan fingerprint density at radius 2 is 1.47 bits per heavy atom. The van der Waals surface area contributed by atoms with Crippen LogP contribution in [0.1, 0.15) is 72.1 Å². The molecule has 0 saturated heterocycles. The van der Waals surface area contributed by atoms with E-state index in [1.165, 1.54) is 57.9 Å². The summed E-state index contributed by atoms with van der Waals surface area (Å²) in [6.45, 7) is 8.65. The molecule has 110 valence electrons. The zero-order valence-electron chi connectivity index (χ0n) is 13.3. The summed E-state index contributed by atoms with van der Waals surface area (Å²) in [6.07, 6.45) is 11.9. The zero-order chi connectivity index (χ0) is 13.5. The first kappa shape index (κ1) is 13.9. The lowest BCUT2D eigenvalue weighted by Gasteiger charge is -2.41. The van der Waals surface area contributed by atoms with Crippen LogP contribution >= 0.6 is 0 Å². The van der Waals surface area contributed by atoms with Gasteiger partial charge in [-0.3, -0.25) is 0 Å². The highest BCUT2D eigenvalue weighted by Crippen LogP contribution is 2.49. The summed E-state index contributed by atoms with van der Waals surface area (Å²) in [7, 11) is 0. The van der Waals surface area contributed by atoms with Crippen molar-refractivity contribution < 1.29 is 0 Å². The average Bonchev–Trinajstić information content (AvgIpc) is 3.23. The Labute approximate surface area is 119 Å². The fourth-order valence-corrected chi connectivity index (χ4v) is 4.47. The molecule has 3 aliphatic carbocycles. The summed E-state index contributed by atoms with van der Waals surface area (Å²) >= 11 is 0. The third-order valence-corrected chi connectivity index (χ3v) is 5.95. The molecule has 2 unspecified atom stereocenters. The molecule has 0 amide bonds. The van der Waals surface area contributed by atoms with Crippen molar-refractivity contribution in [3.63, 3.8) is 0 Å². The summed E-state index contributed by atoms with van der Waals surface area (Å²) in [5.41, 5.74) is 0.479. The quantitative estimate of drug-likeness (QED) is 0.763. The molecule has 3 fully saturated rings. The Kier molecular flexibility index (Phi) is 3.95. The number of hydrogen-bond acceptors (Lipinski definition) is 1. The van der Waals surface area contributed by atoms with Crippen LogP contribution in [0.15, 0.2) is 0 Å². The molecule has 19 heavy (non-hydrogen) atoms. The fourth-order valence-electron chi connectivity index (χ4n) is 4.47. The lowest BCUT2D eigenvalue weighted by molar-refractivity contribution is 0.125. The maximum absolute atomic E-state index is 4.02. The molecular formula is C18H33N. The van der Waals surface area contributed by atoms with E-state index < -0.39 is 0 Å². The molecule has 1 heteroatoms. The molecule has 0 bridgehead atoms. The molecule has 3 saturated carbocycles. The van der Waals surface area contributed by atoms with Gasteiger partial charge in [0.1, 0.15) is 0 Å². The van der Waals surface area contributed by atoms with Crippen molar-refractivity contribution >= 4 is 0 Å². The molecule has 2 atom stereocenters. The van der Waals surface area contributed by atoms with Crippen LogP contribution in [0, 0.1) is 29.1 Å². The summed E-state index contributed by atoms with van der Waals surface area (Å²) in [6, 6.07) is 0.800. The molecule has 0 aromatic heterocycles. The van der Waals surface area contributed by atoms with Crippen LogP contribution in [0.25, 0.3) is 0 Å². The van der Waals surface area contributed by atoms with Crippen molar-refractivity contribution in [1.29, 1.82) is 0 Å². The highest BCUT2D eigenvalue weighted by Gasteiger charge is 2.42. The standard InChI is InChI=1S/C18H33N/c1-18(2,3)16-6-4-5-7-17(16)19-12-15(13-8-9-13)14-10-11-14/h13-17,19H,4-12H2,1-3H3. The van der Waals surface area contributed by atoms with E-state index in [0.717, 1.165) is 29.7 Å². The Balaban J connectivity index is 1.54. The summed E-state index contributed by atoms with van der Waals surface area (Å²) < 4.78 is 0. The summed E-state index contributed by atoms with van der Waals surface area (Å²) in [4.78, 5) is 0. The van der Waals surface area contributed by atoms with Crippen molar-refractivity contribution in [2.24, 2.45) is 29.1 Å². The van der Waals surface area contributed by atoms with Crippen LogP contribution in [0.3, 0.4) is 0 Å². The Morgan fingerprint density at radius 3 is 2.00 bits per heavy atom. The predicted octanol–water partition coefficient (Wildman–Crippen LogP) is 4.62. The monoisotopic (exact) mass is 263 g/mol. The highest BCUT2D eigenvalue weighted by molar-refractivity contribution is 4.94. The maximum Gasteiger partial charge on any atom is 0.0100 e. The number of nitrogens with one attached hydrogen (secondary N) is 1. The van der Waals surface area contributed by atoms with Crippen LogP contribution in [-0.2, 0) is 0 Å². The molecule has 1 N–H and O–H groups in total. The van der Waals surface area contributed by atoms with Crippen molar-refractivity contribution in [3.05, 3.63) is 0 Å². The minimum absolute atomic E-state index is 0.479. The van der Waals surface area contributed by atoms with Gasteiger partial charge in [-0.25, -0.2) is 0 Å². The van der Waals surface area contributed by atoms with Gasteiger partial charge in [0.2, 0.25) is 0 Å². The van der Waals surface area contributed by atoms with Crippen molar-refractivity contribution in [1.82, 2.24) is 5.32 Å². The molecule has 0 heterocycles. The van der Waals surface area contributed by atoms with Gasteiger partial charge in [-0.05, 0) is 74.2 Å². The van der Waals surface area contributed by atoms with Gasteiger partial charge in [-0.2, -0.15) is 0 Å². The third-order valence-electron chi connectivity index (χ3n) is 5.95. The van der Waals surface area contributed by atoms with Crippen molar-refractivity contribution in [2.45, 2.75) is 78.2 Å². The minimum Gasteiger partial charge on any atom is -0.313 e. The van der Waals surface area contributed by atoms with E-state index in [-0.39, 0.29) is 0 Å². The van der Waals surface area contributed by atoms with Crippen molar-refractivity contribution in [2.75, 3.05) is 6.54 Å². The van der Waals surface area contributed by atoms with E-state index in [1.54, 1.807) is 0 Å². The maximum atomic E-state index is 4.02. The average molecular weight is 263 g/mol. The highest BCUT2D eigenvalue weighted by atomic mass is 14.9. The van der Waals surface area contributed by atoms with Crippen LogP contribution < -0.4 is 5.32 Å². The normalized spacial score (nSPS) is 32.8. The summed E-state index contributed by atoms with van der Waals surface area (Å²) in [5, 5.41) is 4.02. The van der Waals surface area contributed by atoms with Gasteiger partial charge in [-0.15, -0.1) is 0 Å². The Hall–Kier alpha value is -0.0400. The number of rotatable bonds is 5. The van der Waals surface area contributed by atoms with Crippen LogP contribution in [0.4, 0.5) is 0 Å². The summed E-state index contributed by atoms with van der Waals surface area (Å²) in [5.74, 6) is 4.11. The van der Waals surface area contributed by atoms with Gasteiger partial charge < -0.3 is 5.32 Å². The van der Waals surface area contributed by atoms with Gasteiger partial charge in [0.15, 0.2) is 0 Å². The first-order valence-electron chi connectivity index (χ1n) is 8.79. The third kappa shape index (κ3) is 3.54. The van der Waals surface area contributed by atoms with Gasteiger partial charge >= 0.3 is 0 Å². The van der Waals surface area contributed by atoms with E-state index in [2.05, 4.69) is 26.1 Å². The minimum atomic E-state index is 0.479. The van der Waals surface area contributed by atoms with Crippen LogP contribution in [0.5, 0.6) is 0 Å². The van der Waals surface area contributed by atoms with Gasteiger partial charge in [-0.1, -0.05) is 33.6 Å². The second-order valence-corrected chi connectivity index (χ2v) is 8.61. The van der Waals surface area contributed by atoms with Gasteiger partial charge in [0.05, 0.1) is 0 Å². The predicted molar refractivity (Wildman–Crippen MR) is 82.1 cm³/mol. The SMILES string of the molecule is CC(C)(C)C1CCCCC1NCC(C1CC1)C1CC1. The van der Waals surface area contributed by atoms with E-state index in [4.69, 9.17) is 0 Å².